The Bertz CT molecular complexity index is 2080. The number of rotatable bonds is 15. The number of aliphatic hydroxyl groups is 1. The van der Waals surface area contributed by atoms with E-state index in [-0.39, 0.29) is 42.9 Å². The Morgan fingerprint density at radius 2 is 1.58 bits per heavy atom. The first-order chi connectivity index (χ1) is 26.2. The molecule has 288 valence electrons. The van der Waals surface area contributed by atoms with Gasteiger partial charge in [0.05, 0.1) is 17.8 Å². The SMILES string of the molecule is CC(C)(C)[C@H](c1cc(-c2cc(F)ccc2F)cn1Cc1ccccc1)N(CC[C@H](N)C(=O)NCCNC(=O)c1cccc(N2C(=O)C=CC2=O)c1)C(=O)CO. The molecule has 0 saturated heterocycles. The van der Waals surface area contributed by atoms with E-state index in [0.29, 0.717) is 17.8 Å². The predicted octanol–water partition coefficient (Wildman–Crippen LogP) is 4.08. The van der Waals surface area contributed by atoms with Crippen LogP contribution in [0.4, 0.5) is 14.5 Å². The summed E-state index contributed by atoms with van der Waals surface area (Å²) < 4.78 is 31.2. The molecular formula is C41H44F2N6O6. The van der Waals surface area contributed by atoms with E-state index < -0.39 is 65.3 Å². The van der Waals surface area contributed by atoms with E-state index in [2.05, 4.69) is 10.6 Å². The molecule has 0 radical (unpaired) electrons. The largest absolute Gasteiger partial charge is 0.387 e. The number of hydrogen-bond donors (Lipinski definition) is 4. The number of nitrogens with zero attached hydrogens (tertiary/aromatic N) is 3. The van der Waals surface area contributed by atoms with Crippen molar-refractivity contribution in [3.63, 3.8) is 0 Å². The van der Waals surface area contributed by atoms with E-state index >= 15 is 4.39 Å². The Morgan fingerprint density at radius 3 is 2.25 bits per heavy atom. The number of anilines is 1. The zero-order valence-electron chi connectivity index (χ0n) is 30.8. The van der Waals surface area contributed by atoms with Crippen molar-refractivity contribution in [1.82, 2.24) is 20.1 Å². The second-order valence-electron chi connectivity index (χ2n) is 14.2. The number of halogens is 2. The molecule has 5 amide bonds. The quantitative estimate of drug-likeness (QED) is 0.105. The van der Waals surface area contributed by atoms with Crippen LogP contribution in [-0.2, 0) is 25.7 Å². The monoisotopic (exact) mass is 754 g/mol. The van der Waals surface area contributed by atoms with E-state index in [9.17, 15) is 33.5 Å². The molecule has 5 rings (SSSR count). The molecule has 0 unspecified atom stereocenters. The third kappa shape index (κ3) is 9.77. The van der Waals surface area contributed by atoms with E-state index in [1.54, 1.807) is 18.3 Å². The minimum atomic E-state index is -1.07. The van der Waals surface area contributed by atoms with Crippen molar-refractivity contribution < 1.29 is 37.9 Å². The van der Waals surface area contributed by atoms with Gasteiger partial charge in [-0.3, -0.25) is 24.0 Å². The molecule has 1 aromatic heterocycles. The van der Waals surface area contributed by atoms with Gasteiger partial charge in [-0.15, -0.1) is 0 Å². The van der Waals surface area contributed by atoms with E-state index in [0.717, 1.165) is 40.8 Å². The van der Waals surface area contributed by atoms with Crippen LogP contribution in [0.5, 0.6) is 0 Å². The summed E-state index contributed by atoms with van der Waals surface area (Å²) >= 11 is 0. The fraction of sp³-hybridized carbons (Fsp3) is 0.293. The Hall–Kier alpha value is -5.99. The number of amides is 5. The van der Waals surface area contributed by atoms with Crippen molar-refractivity contribution in [3.8, 4) is 11.1 Å². The highest BCUT2D eigenvalue weighted by molar-refractivity contribution is 6.28. The standard InChI is InChI=1S/C41H44F2N6O6/c1-41(2,3)38(34-21-28(31-22-29(42)12-13-32(31)43)24-47(34)23-26-8-5-4-6-9-26)48(37(53)25-50)19-16-33(44)40(55)46-18-17-45-39(54)27-10-7-11-30(20-27)49-35(51)14-15-36(49)52/h4-15,20-22,24,33,38,50H,16-19,23,25,44H2,1-3H3,(H,45,54)(H,46,55)/t33-,38-/m0/s1. The van der Waals surface area contributed by atoms with Crippen LogP contribution in [0.2, 0.25) is 0 Å². The van der Waals surface area contributed by atoms with Crippen molar-refractivity contribution in [2.75, 3.05) is 31.1 Å². The lowest BCUT2D eigenvalue weighted by Crippen LogP contribution is -2.48. The smallest absolute Gasteiger partial charge is 0.258 e. The highest BCUT2D eigenvalue weighted by Gasteiger charge is 2.37. The fourth-order valence-corrected chi connectivity index (χ4v) is 6.55. The maximum absolute atomic E-state index is 15.0. The minimum absolute atomic E-state index is 0.0108. The van der Waals surface area contributed by atoms with Gasteiger partial charge in [0.1, 0.15) is 18.2 Å². The van der Waals surface area contributed by atoms with Gasteiger partial charge in [-0.05, 0) is 59.9 Å². The summed E-state index contributed by atoms with van der Waals surface area (Å²) in [7, 11) is 0. The van der Waals surface area contributed by atoms with Gasteiger partial charge in [-0.25, -0.2) is 13.7 Å². The predicted molar refractivity (Wildman–Crippen MR) is 202 cm³/mol. The third-order valence-corrected chi connectivity index (χ3v) is 9.14. The minimum Gasteiger partial charge on any atom is -0.387 e. The maximum Gasteiger partial charge on any atom is 0.258 e. The maximum atomic E-state index is 15.0. The number of aliphatic hydroxyl groups excluding tert-OH is 1. The zero-order chi connectivity index (χ0) is 39.9. The lowest BCUT2D eigenvalue weighted by molar-refractivity contribution is -0.140. The molecule has 2 heterocycles. The second kappa shape index (κ2) is 17.4. The van der Waals surface area contributed by atoms with E-state index in [1.165, 1.54) is 23.1 Å². The molecule has 2 atom stereocenters. The molecule has 5 N–H and O–H groups in total. The number of aromatic nitrogens is 1. The number of carbonyl (C=O) groups excluding carboxylic acids is 5. The number of carbonyl (C=O) groups is 5. The first kappa shape index (κ1) is 40.2. The van der Waals surface area contributed by atoms with Crippen LogP contribution in [0.3, 0.4) is 0 Å². The number of imide groups is 1. The molecular weight excluding hydrogens is 710 g/mol. The fourth-order valence-electron chi connectivity index (χ4n) is 6.55. The van der Waals surface area contributed by atoms with Crippen LogP contribution in [0.25, 0.3) is 11.1 Å². The molecule has 4 aromatic rings. The van der Waals surface area contributed by atoms with Crippen molar-refractivity contribution in [2.24, 2.45) is 11.1 Å². The van der Waals surface area contributed by atoms with Crippen LogP contribution in [0.1, 0.15) is 54.8 Å². The molecule has 12 nitrogen and oxygen atoms in total. The summed E-state index contributed by atoms with van der Waals surface area (Å²) in [5.74, 6) is -3.87. The van der Waals surface area contributed by atoms with Gasteiger partial charge in [0.2, 0.25) is 11.8 Å². The summed E-state index contributed by atoms with van der Waals surface area (Å²) in [6.45, 7) is 5.32. The molecule has 0 spiro atoms. The third-order valence-electron chi connectivity index (χ3n) is 9.14. The Kier molecular flexibility index (Phi) is 12.7. The lowest BCUT2D eigenvalue weighted by atomic mass is 9.82. The first-order valence-corrected chi connectivity index (χ1v) is 17.8. The summed E-state index contributed by atoms with van der Waals surface area (Å²) in [5, 5.41) is 15.4. The molecule has 14 heteroatoms. The number of nitrogens with one attached hydrogen (secondary N) is 2. The van der Waals surface area contributed by atoms with Crippen molar-refractivity contribution in [1.29, 1.82) is 0 Å². The van der Waals surface area contributed by atoms with Crippen molar-refractivity contribution >= 4 is 35.2 Å². The topological polar surface area (TPSA) is 167 Å². The molecule has 0 saturated carbocycles. The highest BCUT2D eigenvalue weighted by atomic mass is 19.1. The van der Waals surface area contributed by atoms with Crippen LogP contribution < -0.4 is 21.3 Å². The average molecular weight is 755 g/mol. The van der Waals surface area contributed by atoms with Gasteiger partial charge in [0.25, 0.3) is 17.7 Å². The molecule has 0 aliphatic carbocycles. The van der Waals surface area contributed by atoms with Gasteiger partial charge in [0.15, 0.2) is 0 Å². The Morgan fingerprint density at radius 1 is 0.891 bits per heavy atom. The average Bonchev–Trinajstić information content (AvgIpc) is 3.72. The van der Waals surface area contributed by atoms with Gasteiger partial charge in [-0.1, -0.05) is 57.2 Å². The van der Waals surface area contributed by atoms with Crippen LogP contribution >= 0.6 is 0 Å². The Labute approximate surface area is 317 Å². The van der Waals surface area contributed by atoms with Crippen molar-refractivity contribution in [2.45, 2.75) is 45.8 Å². The molecule has 1 aliphatic heterocycles. The summed E-state index contributed by atoms with van der Waals surface area (Å²) in [6.07, 6.45) is 4.01. The lowest BCUT2D eigenvalue weighted by Gasteiger charge is -2.41. The second-order valence-corrected chi connectivity index (χ2v) is 14.2. The van der Waals surface area contributed by atoms with Crippen LogP contribution in [-0.4, -0.2) is 76.4 Å². The highest BCUT2D eigenvalue weighted by Crippen LogP contribution is 2.41. The summed E-state index contributed by atoms with van der Waals surface area (Å²) in [4.78, 5) is 65.7. The van der Waals surface area contributed by atoms with Gasteiger partial charge < -0.3 is 30.9 Å². The van der Waals surface area contributed by atoms with Crippen LogP contribution in [0, 0.1) is 17.0 Å². The number of hydrogen-bond acceptors (Lipinski definition) is 7. The van der Waals surface area contributed by atoms with Gasteiger partial charge in [-0.2, -0.15) is 0 Å². The number of benzene rings is 3. The van der Waals surface area contributed by atoms with Gasteiger partial charge >= 0.3 is 0 Å². The molecule has 0 bridgehead atoms. The van der Waals surface area contributed by atoms with Gasteiger partial charge in [0, 0.05) is 66.9 Å². The summed E-state index contributed by atoms with van der Waals surface area (Å²) in [5.41, 5.74) is 8.06. The molecule has 1 aliphatic rings. The van der Waals surface area contributed by atoms with Crippen molar-refractivity contribution in [3.05, 3.63) is 126 Å². The molecule has 55 heavy (non-hydrogen) atoms. The molecule has 3 aromatic carbocycles. The Balaban J connectivity index is 1.27. The zero-order valence-corrected chi connectivity index (χ0v) is 30.8. The molecule has 0 fully saturated rings. The first-order valence-electron chi connectivity index (χ1n) is 17.8. The normalized spacial score (nSPS) is 13.8. The van der Waals surface area contributed by atoms with E-state index in [1.807, 2.05) is 55.7 Å². The number of nitrogens with two attached hydrogens (primary N) is 1. The van der Waals surface area contributed by atoms with Crippen LogP contribution in [0.15, 0.2) is 97.2 Å². The van der Waals surface area contributed by atoms with E-state index in [4.69, 9.17) is 5.73 Å². The summed E-state index contributed by atoms with van der Waals surface area (Å²) in [6, 6.07) is 18.7.